The van der Waals surface area contributed by atoms with Crippen LogP contribution in [0.15, 0.2) is 30.5 Å². The number of carboxylic acids is 1. The fraction of sp³-hybridized carbons (Fsp3) is 0.440. The molecule has 32 heavy (non-hydrogen) atoms. The number of nitrogens with zero attached hydrogens (tertiary/aromatic N) is 2. The lowest BCUT2D eigenvalue weighted by Gasteiger charge is -2.30. The van der Waals surface area contributed by atoms with Crippen molar-refractivity contribution in [1.29, 1.82) is 5.26 Å². The van der Waals surface area contributed by atoms with E-state index in [1.165, 1.54) is 6.20 Å². The van der Waals surface area contributed by atoms with Gasteiger partial charge < -0.3 is 15.4 Å². The van der Waals surface area contributed by atoms with Gasteiger partial charge in [0.1, 0.15) is 11.8 Å². The van der Waals surface area contributed by atoms with Gasteiger partial charge in [-0.2, -0.15) is 5.26 Å². The number of nitrogens with one attached hydrogen (secondary N) is 2. The van der Waals surface area contributed by atoms with E-state index in [1.54, 1.807) is 6.07 Å². The summed E-state index contributed by atoms with van der Waals surface area (Å²) < 4.78 is 0. The summed E-state index contributed by atoms with van der Waals surface area (Å²) in [6, 6.07) is 7.52. The number of H-pyrrole nitrogens is 1. The van der Waals surface area contributed by atoms with E-state index in [1.807, 2.05) is 18.2 Å². The second-order valence-corrected chi connectivity index (χ2v) is 9.66. The number of nitriles is 1. The molecule has 7 heteroatoms. The molecule has 166 valence electrons. The zero-order chi connectivity index (χ0) is 22.9. The SMILES string of the molecule is CC1(C)CC=C(c2cc(C3(C(=O)O)CCCC3)ccc2NC(=O)c2ncc(C#N)[nH]2)CC1. The van der Waals surface area contributed by atoms with Crippen molar-refractivity contribution in [3.63, 3.8) is 0 Å². The van der Waals surface area contributed by atoms with Crippen LogP contribution < -0.4 is 5.32 Å². The van der Waals surface area contributed by atoms with E-state index in [2.05, 4.69) is 35.2 Å². The zero-order valence-corrected chi connectivity index (χ0v) is 18.5. The van der Waals surface area contributed by atoms with Crippen LogP contribution in [-0.2, 0) is 10.2 Å². The van der Waals surface area contributed by atoms with E-state index in [9.17, 15) is 14.7 Å². The third-order valence-electron chi connectivity index (χ3n) is 6.92. The van der Waals surface area contributed by atoms with Crippen LogP contribution in [0.3, 0.4) is 0 Å². The summed E-state index contributed by atoms with van der Waals surface area (Å²) >= 11 is 0. The summed E-state index contributed by atoms with van der Waals surface area (Å²) in [5.41, 5.74) is 2.98. The minimum atomic E-state index is -0.867. The number of aromatic amines is 1. The van der Waals surface area contributed by atoms with Crippen LogP contribution in [0.1, 0.15) is 86.2 Å². The molecule has 0 atom stereocenters. The molecule has 2 aliphatic rings. The van der Waals surface area contributed by atoms with E-state index < -0.39 is 17.3 Å². The number of aliphatic carboxylic acids is 1. The molecular weight excluding hydrogens is 404 g/mol. The highest BCUT2D eigenvalue weighted by Crippen LogP contribution is 2.45. The number of rotatable bonds is 5. The third-order valence-corrected chi connectivity index (χ3v) is 6.92. The molecular formula is C25H28N4O3. The summed E-state index contributed by atoms with van der Waals surface area (Å²) in [6.07, 6.45) is 9.39. The van der Waals surface area contributed by atoms with Crippen molar-refractivity contribution >= 4 is 23.1 Å². The van der Waals surface area contributed by atoms with Crippen molar-refractivity contribution in [2.45, 2.75) is 64.2 Å². The highest BCUT2D eigenvalue weighted by molar-refractivity contribution is 6.03. The second-order valence-electron chi connectivity index (χ2n) is 9.66. The molecule has 2 aromatic rings. The average molecular weight is 433 g/mol. The minimum Gasteiger partial charge on any atom is -0.481 e. The maximum atomic E-state index is 12.8. The highest BCUT2D eigenvalue weighted by atomic mass is 16.4. The highest BCUT2D eigenvalue weighted by Gasteiger charge is 2.43. The molecule has 1 fully saturated rings. The summed E-state index contributed by atoms with van der Waals surface area (Å²) in [7, 11) is 0. The van der Waals surface area contributed by atoms with E-state index in [-0.39, 0.29) is 16.9 Å². The molecule has 1 heterocycles. The van der Waals surface area contributed by atoms with Gasteiger partial charge in [-0.25, -0.2) is 4.98 Å². The first-order chi connectivity index (χ1) is 15.2. The smallest absolute Gasteiger partial charge is 0.314 e. The summed E-state index contributed by atoms with van der Waals surface area (Å²) in [5.74, 6) is -1.16. The van der Waals surface area contributed by atoms with Crippen LogP contribution in [0.2, 0.25) is 0 Å². The van der Waals surface area contributed by atoms with Gasteiger partial charge in [0.2, 0.25) is 0 Å². The van der Waals surface area contributed by atoms with E-state index in [0.29, 0.717) is 18.5 Å². The normalized spacial score (nSPS) is 19.1. The minimum absolute atomic E-state index is 0.0631. The van der Waals surface area contributed by atoms with Crippen LogP contribution >= 0.6 is 0 Å². The Bertz CT molecular complexity index is 1130. The van der Waals surface area contributed by atoms with E-state index >= 15 is 0 Å². The molecule has 2 aliphatic carbocycles. The van der Waals surface area contributed by atoms with Crippen molar-refractivity contribution in [3.8, 4) is 6.07 Å². The number of carboxylic acid groups (broad SMARTS) is 1. The Morgan fingerprint density at radius 2 is 1.97 bits per heavy atom. The first-order valence-corrected chi connectivity index (χ1v) is 11.1. The van der Waals surface area contributed by atoms with Gasteiger partial charge >= 0.3 is 5.97 Å². The van der Waals surface area contributed by atoms with Crippen molar-refractivity contribution in [3.05, 3.63) is 53.1 Å². The van der Waals surface area contributed by atoms with Crippen molar-refractivity contribution < 1.29 is 14.7 Å². The molecule has 0 spiro atoms. The Kier molecular flexibility index (Phi) is 5.64. The van der Waals surface area contributed by atoms with E-state index in [0.717, 1.165) is 48.8 Å². The van der Waals surface area contributed by atoms with Crippen LogP contribution in [0, 0.1) is 16.7 Å². The lowest BCUT2D eigenvalue weighted by atomic mass is 9.74. The molecule has 1 saturated carbocycles. The molecule has 0 aliphatic heterocycles. The van der Waals surface area contributed by atoms with Crippen molar-refractivity contribution in [2.75, 3.05) is 5.32 Å². The largest absolute Gasteiger partial charge is 0.481 e. The molecule has 1 aromatic carbocycles. The molecule has 1 amide bonds. The zero-order valence-electron chi connectivity index (χ0n) is 18.5. The Labute approximate surface area is 187 Å². The number of hydrogen-bond donors (Lipinski definition) is 3. The standard InChI is InChI=1S/C25H28N4O3/c1-24(2)11-7-16(8-12-24)19-13-17(25(23(31)32)9-3-4-10-25)5-6-20(19)29-22(30)21-27-15-18(14-26)28-21/h5-7,13,15H,3-4,8-12H2,1-2H3,(H,27,28)(H,29,30)(H,31,32). The molecule has 7 nitrogen and oxygen atoms in total. The Morgan fingerprint density at radius 3 is 2.56 bits per heavy atom. The van der Waals surface area contributed by atoms with Gasteiger partial charge in [0.25, 0.3) is 5.91 Å². The lowest BCUT2D eigenvalue weighted by molar-refractivity contribution is -0.143. The molecule has 3 N–H and O–H groups in total. The fourth-order valence-electron chi connectivity index (χ4n) is 4.82. The predicted molar refractivity (Wildman–Crippen MR) is 121 cm³/mol. The topological polar surface area (TPSA) is 119 Å². The van der Waals surface area contributed by atoms with Gasteiger partial charge in [-0.05, 0) is 60.8 Å². The monoisotopic (exact) mass is 432 g/mol. The molecule has 0 unspecified atom stereocenters. The number of anilines is 1. The van der Waals surface area contributed by atoms with E-state index in [4.69, 9.17) is 5.26 Å². The third kappa shape index (κ3) is 4.05. The first kappa shape index (κ1) is 21.8. The van der Waals surface area contributed by atoms with Gasteiger partial charge in [0.15, 0.2) is 5.82 Å². The first-order valence-electron chi connectivity index (χ1n) is 11.1. The molecule has 0 saturated heterocycles. The number of aromatic nitrogens is 2. The predicted octanol–water partition coefficient (Wildman–Crippen LogP) is 5.02. The average Bonchev–Trinajstić information content (AvgIpc) is 3.45. The van der Waals surface area contributed by atoms with Gasteiger partial charge in [-0.3, -0.25) is 9.59 Å². The molecule has 1 aromatic heterocycles. The summed E-state index contributed by atoms with van der Waals surface area (Å²) in [6.45, 7) is 4.47. The second kappa shape index (κ2) is 8.27. The molecule has 0 bridgehead atoms. The lowest BCUT2D eigenvalue weighted by Crippen LogP contribution is -2.32. The number of carbonyl (C=O) groups is 2. The quantitative estimate of drug-likeness (QED) is 0.613. The van der Waals surface area contributed by atoms with Crippen molar-refractivity contribution in [1.82, 2.24) is 9.97 Å². The van der Waals surface area contributed by atoms with Crippen LogP contribution in [0.5, 0.6) is 0 Å². The fourth-order valence-corrected chi connectivity index (χ4v) is 4.82. The summed E-state index contributed by atoms with van der Waals surface area (Å²) in [5, 5.41) is 21.9. The Hall–Kier alpha value is -3.40. The Morgan fingerprint density at radius 1 is 1.22 bits per heavy atom. The van der Waals surface area contributed by atoms with Gasteiger partial charge in [-0.1, -0.05) is 38.8 Å². The van der Waals surface area contributed by atoms with Crippen molar-refractivity contribution in [2.24, 2.45) is 5.41 Å². The maximum absolute atomic E-state index is 12.8. The molecule has 4 rings (SSSR count). The number of amides is 1. The van der Waals surface area contributed by atoms with Gasteiger partial charge in [0.05, 0.1) is 11.6 Å². The van der Waals surface area contributed by atoms with Gasteiger partial charge in [-0.15, -0.1) is 0 Å². The van der Waals surface area contributed by atoms with Crippen LogP contribution in [-0.4, -0.2) is 27.0 Å². The number of carbonyl (C=O) groups excluding carboxylic acids is 1. The number of allylic oxidation sites excluding steroid dienone is 2. The molecule has 0 radical (unpaired) electrons. The number of hydrogen-bond acceptors (Lipinski definition) is 4. The van der Waals surface area contributed by atoms with Crippen LogP contribution in [0.25, 0.3) is 5.57 Å². The Balaban J connectivity index is 1.74. The van der Waals surface area contributed by atoms with Gasteiger partial charge in [0, 0.05) is 11.3 Å². The summed E-state index contributed by atoms with van der Waals surface area (Å²) in [4.78, 5) is 31.7. The van der Waals surface area contributed by atoms with Crippen LogP contribution in [0.4, 0.5) is 5.69 Å². The number of imidazole rings is 1. The number of benzene rings is 1. The maximum Gasteiger partial charge on any atom is 0.314 e.